The highest BCUT2D eigenvalue weighted by molar-refractivity contribution is 9.10. The molecule has 0 radical (unpaired) electrons. The van der Waals surface area contributed by atoms with E-state index in [4.69, 9.17) is 9.47 Å². The minimum atomic E-state index is -0.536. The summed E-state index contributed by atoms with van der Waals surface area (Å²) >= 11 is 3.25. The molecule has 0 atom stereocenters. The Hall–Kier alpha value is -1.36. The highest BCUT2D eigenvalue weighted by atomic mass is 79.9. The number of ether oxygens (including phenoxy) is 2. The van der Waals surface area contributed by atoms with Crippen molar-refractivity contribution in [3.8, 4) is 5.75 Å². The Morgan fingerprint density at radius 2 is 2.00 bits per heavy atom. The standard InChI is InChI=1S/C13H15BrO4/c1-13(2,3)18-12(16)8-17-11-5-9(7-15)4-10(14)6-11/h4-7H,8H2,1-3H3. The lowest BCUT2D eigenvalue weighted by Gasteiger charge is -2.19. The van der Waals surface area contributed by atoms with Gasteiger partial charge in [-0.2, -0.15) is 0 Å². The highest BCUT2D eigenvalue weighted by Gasteiger charge is 2.16. The zero-order chi connectivity index (χ0) is 13.8. The van der Waals surface area contributed by atoms with Gasteiger partial charge in [-0.3, -0.25) is 4.79 Å². The van der Waals surface area contributed by atoms with E-state index in [2.05, 4.69) is 15.9 Å². The predicted molar refractivity (Wildman–Crippen MR) is 70.9 cm³/mol. The van der Waals surface area contributed by atoms with Crippen LogP contribution in [0.1, 0.15) is 31.1 Å². The van der Waals surface area contributed by atoms with E-state index in [0.717, 1.165) is 0 Å². The monoisotopic (exact) mass is 314 g/mol. The molecule has 0 aliphatic carbocycles. The number of carbonyl (C=O) groups excluding carboxylic acids is 2. The predicted octanol–water partition coefficient (Wildman–Crippen LogP) is 2.98. The molecular formula is C13H15BrO4. The second kappa shape index (κ2) is 6.00. The van der Waals surface area contributed by atoms with Crippen molar-refractivity contribution in [1.29, 1.82) is 0 Å². The largest absolute Gasteiger partial charge is 0.482 e. The van der Waals surface area contributed by atoms with E-state index in [-0.39, 0.29) is 6.61 Å². The summed E-state index contributed by atoms with van der Waals surface area (Å²) < 4.78 is 11.1. The summed E-state index contributed by atoms with van der Waals surface area (Å²) in [5, 5.41) is 0. The fraction of sp³-hybridized carbons (Fsp3) is 0.385. The average molecular weight is 315 g/mol. The van der Waals surface area contributed by atoms with Gasteiger partial charge >= 0.3 is 5.97 Å². The van der Waals surface area contributed by atoms with Crippen LogP contribution in [0, 0.1) is 0 Å². The van der Waals surface area contributed by atoms with Crippen LogP contribution in [0.4, 0.5) is 0 Å². The van der Waals surface area contributed by atoms with Gasteiger partial charge in [0.05, 0.1) is 0 Å². The van der Waals surface area contributed by atoms with Crippen LogP contribution in [-0.4, -0.2) is 24.5 Å². The molecule has 5 heteroatoms. The molecule has 0 amide bonds. The maximum Gasteiger partial charge on any atom is 0.344 e. The normalized spacial score (nSPS) is 10.9. The van der Waals surface area contributed by atoms with Crippen LogP contribution >= 0.6 is 15.9 Å². The molecule has 0 fully saturated rings. The minimum Gasteiger partial charge on any atom is -0.482 e. The van der Waals surface area contributed by atoms with E-state index in [1.807, 2.05) is 0 Å². The summed E-state index contributed by atoms with van der Waals surface area (Å²) in [5.41, 5.74) is -0.0605. The van der Waals surface area contributed by atoms with E-state index in [1.165, 1.54) is 0 Å². The van der Waals surface area contributed by atoms with Gasteiger partial charge in [0.1, 0.15) is 17.6 Å². The molecule has 98 valence electrons. The first kappa shape index (κ1) is 14.7. The molecule has 0 N–H and O–H groups in total. The number of benzene rings is 1. The second-order valence-corrected chi connectivity index (χ2v) is 5.63. The smallest absolute Gasteiger partial charge is 0.344 e. The minimum absolute atomic E-state index is 0.188. The molecule has 0 saturated heterocycles. The average Bonchev–Trinajstić information content (AvgIpc) is 2.23. The Bertz CT molecular complexity index is 449. The molecule has 0 saturated carbocycles. The molecule has 0 bridgehead atoms. The number of aldehydes is 1. The third-order valence-corrected chi connectivity index (χ3v) is 2.26. The fourth-order valence-electron chi connectivity index (χ4n) is 1.25. The van der Waals surface area contributed by atoms with Gasteiger partial charge < -0.3 is 9.47 Å². The van der Waals surface area contributed by atoms with E-state index in [1.54, 1.807) is 39.0 Å². The molecule has 0 aliphatic heterocycles. The van der Waals surface area contributed by atoms with Gasteiger partial charge in [-0.25, -0.2) is 4.79 Å². The molecule has 0 heterocycles. The third kappa shape index (κ3) is 5.31. The van der Waals surface area contributed by atoms with Gasteiger partial charge in [-0.15, -0.1) is 0 Å². The third-order valence-electron chi connectivity index (χ3n) is 1.81. The van der Waals surface area contributed by atoms with Gasteiger partial charge in [0.15, 0.2) is 6.61 Å². The number of carbonyl (C=O) groups is 2. The molecule has 0 spiro atoms. The quantitative estimate of drug-likeness (QED) is 0.633. The summed E-state index contributed by atoms with van der Waals surface area (Å²) in [4.78, 5) is 22.1. The summed E-state index contributed by atoms with van der Waals surface area (Å²) in [7, 11) is 0. The van der Waals surface area contributed by atoms with Crippen LogP contribution in [-0.2, 0) is 9.53 Å². The van der Waals surface area contributed by atoms with Crippen molar-refractivity contribution in [2.45, 2.75) is 26.4 Å². The Morgan fingerprint density at radius 1 is 1.33 bits per heavy atom. The fourth-order valence-corrected chi connectivity index (χ4v) is 1.74. The van der Waals surface area contributed by atoms with E-state index in [0.29, 0.717) is 22.1 Å². The number of halogens is 1. The Kier molecular flexibility index (Phi) is 4.90. The van der Waals surface area contributed by atoms with Crippen LogP contribution in [0.2, 0.25) is 0 Å². The van der Waals surface area contributed by atoms with Gasteiger partial charge in [0.2, 0.25) is 0 Å². The highest BCUT2D eigenvalue weighted by Crippen LogP contribution is 2.20. The summed E-state index contributed by atoms with van der Waals surface area (Å²) in [5.74, 6) is -0.00698. The van der Waals surface area contributed by atoms with Crippen molar-refractivity contribution in [3.63, 3.8) is 0 Å². The van der Waals surface area contributed by atoms with Gasteiger partial charge in [0.25, 0.3) is 0 Å². The molecule has 1 aromatic carbocycles. The topological polar surface area (TPSA) is 52.6 Å². The van der Waals surface area contributed by atoms with Crippen molar-refractivity contribution in [2.24, 2.45) is 0 Å². The van der Waals surface area contributed by atoms with E-state index in [9.17, 15) is 9.59 Å². The van der Waals surface area contributed by atoms with Crippen LogP contribution in [0.3, 0.4) is 0 Å². The number of rotatable bonds is 4. The Balaban J connectivity index is 2.61. The lowest BCUT2D eigenvalue weighted by Crippen LogP contribution is -2.27. The van der Waals surface area contributed by atoms with E-state index >= 15 is 0 Å². The molecule has 0 unspecified atom stereocenters. The number of esters is 1. The van der Waals surface area contributed by atoms with Gasteiger partial charge in [0, 0.05) is 10.0 Å². The summed E-state index contributed by atoms with van der Waals surface area (Å²) in [6, 6.07) is 4.90. The molecule has 1 rings (SSSR count). The van der Waals surface area contributed by atoms with Crippen LogP contribution in [0.25, 0.3) is 0 Å². The second-order valence-electron chi connectivity index (χ2n) is 4.71. The van der Waals surface area contributed by atoms with Crippen LogP contribution < -0.4 is 4.74 Å². The van der Waals surface area contributed by atoms with Gasteiger partial charge in [-0.1, -0.05) is 15.9 Å². The molecular weight excluding hydrogens is 300 g/mol. The Morgan fingerprint density at radius 3 is 2.56 bits per heavy atom. The molecule has 0 aromatic heterocycles. The first-order valence-electron chi connectivity index (χ1n) is 5.40. The van der Waals surface area contributed by atoms with Crippen molar-refractivity contribution in [1.82, 2.24) is 0 Å². The lowest BCUT2D eigenvalue weighted by atomic mass is 10.2. The van der Waals surface area contributed by atoms with Crippen molar-refractivity contribution in [3.05, 3.63) is 28.2 Å². The molecule has 4 nitrogen and oxygen atoms in total. The maximum atomic E-state index is 11.4. The zero-order valence-corrected chi connectivity index (χ0v) is 12.1. The molecule has 18 heavy (non-hydrogen) atoms. The summed E-state index contributed by atoms with van der Waals surface area (Å²) in [6.07, 6.45) is 0.713. The maximum absolute atomic E-state index is 11.4. The molecule has 1 aromatic rings. The lowest BCUT2D eigenvalue weighted by molar-refractivity contribution is -0.157. The first-order chi connectivity index (χ1) is 8.30. The number of hydrogen-bond acceptors (Lipinski definition) is 4. The Labute approximate surface area is 114 Å². The van der Waals surface area contributed by atoms with Crippen LogP contribution in [0.5, 0.6) is 5.75 Å². The van der Waals surface area contributed by atoms with Crippen LogP contribution in [0.15, 0.2) is 22.7 Å². The van der Waals surface area contributed by atoms with Crippen molar-refractivity contribution >= 4 is 28.2 Å². The number of hydrogen-bond donors (Lipinski definition) is 0. The SMILES string of the molecule is CC(C)(C)OC(=O)COc1cc(Br)cc(C=O)c1. The zero-order valence-electron chi connectivity index (χ0n) is 10.5. The first-order valence-corrected chi connectivity index (χ1v) is 6.20. The van der Waals surface area contributed by atoms with Crippen molar-refractivity contribution in [2.75, 3.05) is 6.61 Å². The van der Waals surface area contributed by atoms with Gasteiger partial charge in [-0.05, 0) is 39.0 Å². The van der Waals surface area contributed by atoms with Crippen molar-refractivity contribution < 1.29 is 19.1 Å². The van der Waals surface area contributed by atoms with E-state index < -0.39 is 11.6 Å². The summed E-state index contributed by atoms with van der Waals surface area (Å²) in [6.45, 7) is 5.17. The molecule has 0 aliphatic rings.